The molecule has 0 radical (unpaired) electrons. The van der Waals surface area contributed by atoms with Gasteiger partial charge in [0, 0.05) is 6.54 Å². The molecule has 5 heteroatoms. The van der Waals surface area contributed by atoms with Crippen molar-refractivity contribution in [1.82, 2.24) is 4.90 Å². The Labute approximate surface area is 112 Å². The number of ether oxygens (including phenoxy) is 2. The smallest absolute Gasteiger partial charge is 0.410 e. The lowest BCUT2D eigenvalue weighted by Gasteiger charge is -2.23. The highest BCUT2D eigenvalue weighted by Crippen LogP contribution is 2.19. The number of likely N-dealkylation sites (tertiary alicyclic amines) is 1. The van der Waals surface area contributed by atoms with Gasteiger partial charge in [0.25, 0.3) is 0 Å². The molecular formula is C14H18N2O3. The summed E-state index contributed by atoms with van der Waals surface area (Å²) in [7, 11) is 1.45. The number of nitrogens with one attached hydrogen (secondary N) is 1. The van der Waals surface area contributed by atoms with Gasteiger partial charge in [-0.25, -0.2) is 4.79 Å². The highest BCUT2D eigenvalue weighted by molar-refractivity contribution is 5.83. The number of carbonyl (C=O) groups excluding carboxylic acids is 1. The molecule has 102 valence electrons. The lowest BCUT2D eigenvalue weighted by molar-refractivity contribution is 0.0966. The maximum Gasteiger partial charge on any atom is 0.410 e. The van der Waals surface area contributed by atoms with Gasteiger partial charge in [0.2, 0.25) is 5.90 Å². The standard InChI is InChI=1S/C14H18N2O3/c1-18-13(15)12-8-5-9-16(12)14(17)19-10-11-6-3-2-4-7-11/h2-4,6-7,12,15H,5,8-10H2,1H3/t12-/m1/s1. The first-order chi connectivity index (χ1) is 9.22. The molecule has 1 amide bonds. The zero-order valence-electron chi connectivity index (χ0n) is 11.0. The third-order valence-corrected chi connectivity index (χ3v) is 3.22. The molecule has 19 heavy (non-hydrogen) atoms. The summed E-state index contributed by atoms with van der Waals surface area (Å²) in [5.41, 5.74) is 0.952. The predicted octanol–water partition coefficient (Wildman–Crippen LogP) is 2.41. The molecule has 0 saturated carbocycles. The van der Waals surface area contributed by atoms with Crippen molar-refractivity contribution in [3.63, 3.8) is 0 Å². The number of carbonyl (C=O) groups is 1. The van der Waals surface area contributed by atoms with Crippen molar-refractivity contribution in [2.24, 2.45) is 0 Å². The van der Waals surface area contributed by atoms with E-state index >= 15 is 0 Å². The second kappa shape index (κ2) is 6.22. The van der Waals surface area contributed by atoms with E-state index in [0.29, 0.717) is 6.54 Å². The Hall–Kier alpha value is -2.04. The zero-order valence-corrected chi connectivity index (χ0v) is 11.0. The molecule has 1 atom stereocenters. The van der Waals surface area contributed by atoms with Gasteiger partial charge < -0.3 is 9.47 Å². The van der Waals surface area contributed by atoms with Gasteiger partial charge in [-0.15, -0.1) is 0 Å². The fourth-order valence-electron chi connectivity index (χ4n) is 2.20. The first-order valence-electron chi connectivity index (χ1n) is 6.32. The van der Waals surface area contributed by atoms with Gasteiger partial charge in [0.05, 0.1) is 7.11 Å². The Morgan fingerprint density at radius 2 is 2.16 bits per heavy atom. The molecule has 1 saturated heterocycles. The number of nitrogens with zero attached hydrogens (tertiary/aromatic N) is 1. The van der Waals surface area contributed by atoms with Gasteiger partial charge in [-0.3, -0.25) is 10.3 Å². The van der Waals surface area contributed by atoms with E-state index in [-0.39, 0.29) is 24.6 Å². The molecule has 5 nitrogen and oxygen atoms in total. The molecule has 1 aromatic rings. The van der Waals surface area contributed by atoms with Crippen LogP contribution in [0.2, 0.25) is 0 Å². The summed E-state index contributed by atoms with van der Waals surface area (Å²) in [4.78, 5) is 13.6. The lowest BCUT2D eigenvalue weighted by atomic mass is 10.2. The van der Waals surface area contributed by atoms with Crippen molar-refractivity contribution in [2.45, 2.75) is 25.5 Å². The van der Waals surface area contributed by atoms with Crippen LogP contribution in [0.4, 0.5) is 4.79 Å². The molecule has 1 aromatic carbocycles. The molecule has 0 bridgehead atoms. The minimum Gasteiger partial charge on any atom is -0.483 e. The zero-order chi connectivity index (χ0) is 13.7. The maximum absolute atomic E-state index is 12.0. The quantitative estimate of drug-likeness (QED) is 0.672. The summed E-state index contributed by atoms with van der Waals surface area (Å²) < 4.78 is 10.2. The van der Waals surface area contributed by atoms with Gasteiger partial charge in [0.1, 0.15) is 12.6 Å². The Bertz CT molecular complexity index is 447. The number of amides is 1. The fraction of sp³-hybridized carbons (Fsp3) is 0.429. The largest absolute Gasteiger partial charge is 0.483 e. The summed E-state index contributed by atoms with van der Waals surface area (Å²) >= 11 is 0. The molecule has 0 aliphatic carbocycles. The molecule has 0 spiro atoms. The minimum atomic E-state index is -0.381. The van der Waals surface area contributed by atoms with Crippen molar-refractivity contribution in [1.29, 1.82) is 5.41 Å². The van der Waals surface area contributed by atoms with Crippen LogP contribution in [-0.2, 0) is 16.1 Å². The van der Waals surface area contributed by atoms with Crippen molar-refractivity contribution in [3.05, 3.63) is 35.9 Å². The first-order valence-corrected chi connectivity index (χ1v) is 6.32. The van der Waals surface area contributed by atoms with E-state index < -0.39 is 0 Å². The molecule has 1 heterocycles. The minimum absolute atomic E-state index is 0.120. The van der Waals surface area contributed by atoms with Crippen LogP contribution in [0.25, 0.3) is 0 Å². The Morgan fingerprint density at radius 3 is 2.84 bits per heavy atom. The van der Waals surface area contributed by atoms with E-state index in [2.05, 4.69) is 0 Å². The summed E-state index contributed by atoms with van der Waals surface area (Å²) in [6.45, 7) is 0.868. The third kappa shape index (κ3) is 3.24. The molecular weight excluding hydrogens is 244 g/mol. The Balaban J connectivity index is 1.90. The topological polar surface area (TPSA) is 62.6 Å². The molecule has 1 fully saturated rings. The summed E-state index contributed by atoms with van der Waals surface area (Å²) in [6, 6.07) is 9.26. The van der Waals surface area contributed by atoms with Crippen LogP contribution in [0.1, 0.15) is 18.4 Å². The summed E-state index contributed by atoms with van der Waals surface area (Å²) in [5, 5.41) is 7.68. The van der Waals surface area contributed by atoms with Crippen LogP contribution >= 0.6 is 0 Å². The van der Waals surface area contributed by atoms with Crippen LogP contribution in [0.15, 0.2) is 30.3 Å². The number of benzene rings is 1. The average Bonchev–Trinajstić information content (AvgIpc) is 2.94. The molecule has 1 aliphatic rings. The molecule has 0 aromatic heterocycles. The normalized spacial score (nSPS) is 18.2. The molecule has 1 aliphatic heterocycles. The van der Waals surface area contributed by atoms with E-state index in [4.69, 9.17) is 14.9 Å². The predicted molar refractivity (Wildman–Crippen MR) is 71.1 cm³/mol. The number of methoxy groups -OCH3 is 1. The van der Waals surface area contributed by atoms with E-state index in [1.165, 1.54) is 7.11 Å². The van der Waals surface area contributed by atoms with Crippen molar-refractivity contribution < 1.29 is 14.3 Å². The molecule has 0 unspecified atom stereocenters. The fourth-order valence-corrected chi connectivity index (χ4v) is 2.20. The first kappa shape index (κ1) is 13.4. The van der Waals surface area contributed by atoms with Crippen molar-refractivity contribution >= 4 is 12.0 Å². The van der Waals surface area contributed by atoms with Gasteiger partial charge in [0.15, 0.2) is 0 Å². The van der Waals surface area contributed by atoms with Crippen LogP contribution in [0.5, 0.6) is 0 Å². The van der Waals surface area contributed by atoms with Gasteiger partial charge in [-0.05, 0) is 18.4 Å². The highest BCUT2D eigenvalue weighted by atomic mass is 16.6. The second-order valence-corrected chi connectivity index (χ2v) is 4.46. The van der Waals surface area contributed by atoms with Crippen LogP contribution in [0, 0.1) is 5.41 Å². The van der Waals surface area contributed by atoms with E-state index in [0.717, 1.165) is 18.4 Å². The second-order valence-electron chi connectivity index (χ2n) is 4.46. The van der Waals surface area contributed by atoms with Crippen LogP contribution in [-0.4, -0.2) is 36.6 Å². The van der Waals surface area contributed by atoms with E-state index in [1.807, 2.05) is 30.3 Å². The van der Waals surface area contributed by atoms with Gasteiger partial charge >= 0.3 is 6.09 Å². The maximum atomic E-state index is 12.0. The van der Waals surface area contributed by atoms with Crippen LogP contribution in [0.3, 0.4) is 0 Å². The molecule has 1 N–H and O–H groups in total. The van der Waals surface area contributed by atoms with Crippen LogP contribution < -0.4 is 0 Å². The number of rotatable bonds is 3. The van der Waals surface area contributed by atoms with Gasteiger partial charge in [-0.2, -0.15) is 0 Å². The summed E-state index contributed by atoms with van der Waals surface area (Å²) in [5.74, 6) is 0.120. The van der Waals surface area contributed by atoms with Crippen molar-refractivity contribution in [2.75, 3.05) is 13.7 Å². The number of hydrogen-bond acceptors (Lipinski definition) is 4. The highest BCUT2D eigenvalue weighted by Gasteiger charge is 2.33. The summed E-state index contributed by atoms with van der Waals surface area (Å²) in [6.07, 6.45) is 1.25. The van der Waals surface area contributed by atoms with Gasteiger partial charge in [-0.1, -0.05) is 30.3 Å². The molecule has 2 rings (SSSR count). The average molecular weight is 262 g/mol. The Morgan fingerprint density at radius 1 is 1.42 bits per heavy atom. The van der Waals surface area contributed by atoms with E-state index in [9.17, 15) is 4.79 Å². The van der Waals surface area contributed by atoms with E-state index in [1.54, 1.807) is 4.90 Å². The lowest BCUT2D eigenvalue weighted by Crippen LogP contribution is -2.41. The number of hydrogen-bond donors (Lipinski definition) is 1. The van der Waals surface area contributed by atoms with Crippen molar-refractivity contribution in [3.8, 4) is 0 Å². The Kier molecular flexibility index (Phi) is 4.39. The SMILES string of the molecule is COC(=N)[C@H]1CCCN1C(=O)OCc1ccccc1. The monoisotopic (exact) mass is 262 g/mol. The third-order valence-electron chi connectivity index (χ3n) is 3.22.